The molecule has 0 aromatic rings. The van der Waals surface area contributed by atoms with Gasteiger partial charge in [0.15, 0.2) is 0 Å². The van der Waals surface area contributed by atoms with Crippen molar-refractivity contribution >= 4 is 0 Å². The lowest BCUT2D eigenvalue weighted by molar-refractivity contribution is -0.0570. The first-order valence-corrected chi connectivity index (χ1v) is 5.89. The van der Waals surface area contributed by atoms with E-state index in [0.29, 0.717) is 6.10 Å². The summed E-state index contributed by atoms with van der Waals surface area (Å²) in [5.74, 6) is 0. The van der Waals surface area contributed by atoms with Gasteiger partial charge in [-0.15, -0.1) is 0 Å². The smallest absolute Gasteiger partial charge is 0.0825 e. The monoisotopic (exact) mass is 210 g/mol. The van der Waals surface area contributed by atoms with Crippen LogP contribution in [0.15, 0.2) is 0 Å². The van der Waals surface area contributed by atoms with E-state index in [1.807, 2.05) is 7.11 Å². The Bertz CT molecular complexity index is 200. The molecule has 1 saturated carbocycles. The van der Waals surface area contributed by atoms with Crippen molar-refractivity contribution in [1.29, 1.82) is 5.26 Å². The highest BCUT2D eigenvalue weighted by molar-refractivity contribution is 4.87. The zero-order valence-corrected chi connectivity index (χ0v) is 9.91. The predicted molar refractivity (Wildman–Crippen MR) is 60.5 cm³/mol. The molecule has 0 aromatic carbocycles. The van der Waals surface area contributed by atoms with E-state index in [-0.39, 0.29) is 0 Å². The Morgan fingerprint density at radius 3 is 2.20 bits per heavy atom. The van der Waals surface area contributed by atoms with Gasteiger partial charge in [-0.05, 0) is 12.8 Å². The van der Waals surface area contributed by atoms with Crippen LogP contribution in [0.4, 0.5) is 0 Å². The van der Waals surface area contributed by atoms with Crippen molar-refractivity contribution in [2.45, 2.75) is 51.2 Å². The van der Waals surface area contributed by atoms with Crippen LogP contribution in [0.1, 0.15) is 39.0 Å². The second-order valence-electron chi connectivity index (χ2n) is 4.33. The Morgan fingerprint density at radius 1 is 1.20 bits per heavy atom. The average Bonchev–Trinajstić information content (AvgIpc) is 2.19. The molecule has 0 aromatic heterocycles. The number of ether oxygens (including phenoxy) is 1. The normalized spacial score (nSPS) is 23.5. The molecule has 2 rings (SSSR count). The average molecular weight is 210 g/mol. The topological polar surface area (TPSA) is 36.3 Å². The van der Waals surface area contributed by atoms with Crippen LogP contribution >= 0.6 is 0 Å². The highest BCUT2D eigenvalue weighted by atomic mass is 16.5. The molecule has 1 heterocycles. The summed E-state index contributed by atoms with van der Waals surface area (Å²) in [4.78, 5) is 2.59. The Hall–Kier alpha value is -0.590. The van der Waals surface area contributed by atoms with Crippen LogP contribution in [0, 0.1) is 11.3 Å². The van der Waals surface area contributed by atoms with Crippen LogP contribution in [0.3, 0.4) is 0 Å². The number of nitriles is 1. The Kier molecular flexibility index (Phi) is 5.67. The fourth-order valence-electron chi connectivity index (χ4n) is 2.36. The number of rotatable bonds is 2. The molecule has 0 bridgehead atoms. The van der Waals surface area contributed by atoms with Crippen molar-refractivity contribution in [2.75, 3.05) is 20.2 Å². The molecule has 0 N–H and O–H groups in total. The molecule has 1 aliphatic heterocycles. The molecule has 1 saturated heterocycles. The third-order valence-electron chi connectivity index (χ3n) is 3.30. The summed E-state index contributed by atoms with van der Waals surface area (Å²) in [7, 11) is 1.82. The highest BCUT2D eigenvalue weighted by Gasteiger charge is 2.32. The summed E-state index contributed by atoms with van der Waals surface area (Å²) in [6, 6.07) is 2.64. The standard InChI is InChI=1S/C10H19NO.C2H3N/c1-12-10-7-11(8-10)9-5-3-2-4-6-9;1-2-3/h9-10H,2-8H2,1H3;1H3. The van der Waals surface area contributed by atoms with Gasteiger partial charge in [0.2, 0.25) is 0 Å². The molecule has 15 heavy (non-hydrogen) atoms. The minimum Gasteiger partial charge on any atom is -0.379 e. The third-order valence-corrected chi connectivity index (χ3v) is 3.30. The van der Waals surface area contributed by atoms with Gasteiger partial charge in [0.05, 0.1) is 12.2 Å². The van der Waals surface area contributed by atoms with Crippen LogP contribution in [-0.4, -0.2) is 37.2 Å². The van der Waals surface area contributed by atoms with Crippen molar-refractivity contribution in [3.8, 4) is 6.07 Å². The number of methoxy groups -OCH3 is 1. The van der Waals surface area contributed by atoms with Crippen LogP contribution in [0.2, 0.25) is 0 Å². The van der Waals surface area contributed by atoms with Crippen molar-refractivity contribution in [1.82, 2.24) is 4.90 Å². The molecule has 0 spiro atoms. The summed E-state index contributed by atoms with van der Waals surface area (Å²) < 4.78 is 5.27. The molecular weight excluding hydrogens is 188 g/mol. The van der Waals surface area contributed by atoms with Gasteiger partial charge in [-0.2, -0.15) is 5.26 Å². The summed E-state index contributed by atoms with van der Waals surface area (Å²) in [6.45, 7) is 3.79. The second-order valence-corrected chi connectivity index (χ2v) is 4.33. The zero-order chi connectivity index (χ0) is 11.1. The van der Waals surface area contributed by atoms with Gasteiger partial charge in [-0.3, -0.25) is 4.90 Å². The van der Waals surface area contributed by atoms with Gasteiger partial charge in [-0.25, -0.2) is 0 Å². The summed E-state index contributed by atoms with van der Waals surface area (Å²) in [6.07, 6.45) is 7.73. The van der Waals surface area contributed by atoms with Crippen molar-refractivity contribution in [3.05, 3.63) is 0 Å². The van der Waals surface area contributed by atoms with Crippen LogP contribution in [0.25, 0.3) is 0 Å². The Labute approximate surface area is 93.0 Å². The van der Waals surface area contributed by atoms with E-state index in [9.17, 15) is 0 Å². The molecule has 86 valence electrons. The maximum absolute atomic E-state index is 7.32. The Morgan fingerprint density at radius 2 is 1.73 bits per heavy atom. The first-order valence-electron chi connectivity index (χ1n) is 5.89. The lowest BCUT2D eigenvalue weighted by Crippen LogP contribution is -2.56. The fourth-order valence-corrected chi connectivity index (χ4v) is 2.36. The van der Waals surface area contributed by atoms with Gasteiger partial charge >= 0.3 is 0 Å². The highest BCUT2D eigenvalue weighted by Crippen LogP contribution is 2.26. The number of likely N-dealkylation sites (tertiary alicyclic amines) is 1. The molecule has 2 aliphatic rings. The SMILES string of the molecule is CC#N.COC1CN(C2CCCCC2)C1. The molecule has 3 nitrogen and oxygen atoms in total. The molecule has 3 heteroatoms. The minimum absolute atomic E-state index is 0.534. The van der Waals surface area contributed by atoms with Gasteiger partial charge in [0.1, 0.15) is 0 Å². The van der Waals surface area contributed by atoms with E-state index in [1.165, 1.54) is 52.1 Å². The molecule has 0 atom stereocenters. The molecule has 1 aliphatic carbocycles. The van der Waals surface area contributed by atoms with Crippen LogP contribution < -0.4 is 0 Å². The lowest BCUT2D eigenvalue weighted by Gasteiger charge is -2.44. The summed E-state index contributed by atoms with van der Waals surface area (Å²) >= 11 is 0. The second kappa shape index (κ2) is 6.81. The number of nitrogens with zero attached hydrogens (tertiary/aromatic N) is 2. The van der Waals surface area contributed by atoms with Gasteiger partial charge in [0.25, 0.3) is 0 Å². The number of hydrogen-bond acceptors (Lipinski definition) is 3. The molecule has 0 radical (unpaired) electrons. The summed E-state index contributed by atoms with van der Waals surface area (Å²) in [5.41, 5.74) is 0. The fraction of sp³-hybridized carbons (Fsp3) is 0.917. The predicted octanol–water partition coefficient (Wildman–Crippen LogP) is 2.18. The lowest BCUT2D eigenvalue weighted by atomic mass is 9.92. The van der Waals surface area contributed by atoms with Crippen molar-refractivity contribution in [3.63, 3.8) is 0 Å². The van der Waals surface area contributed by atoms with E-state index in [1.54, 1.807) is 6.07 Å². The van der Waals surface area contributed by atoms with Crippen molar-refractivity contribution < 1.29 is 4.74 Å². The zero-order valence-electron chi connectivity index (χ0n) is 9.91. The van der Waals surface area contributed by atoms with E-state index in [2.05, 4.69) is 4.90 Å². The maximum Gasteiger partial charge on any atom is 0.0825 e. The molecular formula is C12H22N2O. The van der Waals surface area contributed by atoms with Gasteiger partial charge in [-0.1, -0.05) is 19.3 Å². The molecule has 2 fully saturated rings. The van der Waals surface area contributed by atoms with E-state index >= 15 is 0 Å². The minimum atomic E-state index is 0.534. The summed E-state index contributed by atoms with van der Waals surface area (Å²) in [5, 5.41) is 7.32. The van der Waals surface area contributed by atoms with Crippen LogP contribution in [-0.2, 0) is 4.74 Å². The quantitative estimate of drug-likeness (QED) is 0.701. The van der Waals surface area contributed by atoms with Gasteiger partial charge < -0.3 is 4.74 Å². The first kappa shape index (κ1) is 12.5. The van der Waals surface area contributed by atoms with Gasteiger partial charge in [0, 0.05) is 33.2 Å². The first-order chi connectivity index (χ1) is 7.31. The maximum atomic E-state index is 7.32. The number of hydrogen-bond donors (Lipinski definition) is 0. The third kappa shape index (κ3) is 3.81. The van der Waals surface area contributed by atoms with Crippen molar-refractivity contribution in [2.24, 2.45) is 0 Å². The Balaban J connectivity index is 0.000000337. The van der Waals surface area contributed by atoms with E-state index < -0.39 is 0 Å². The van der Waals surface area contributed by atoms with E-state index in [0.717, 1.165) is 6.04 Å². The van der Waals surface area contributed by atoms with E-state index in [4.69, 9.17) is 10.00 Å². The largest absolute Gasteiger partial charge is 0.379 e. The molecule has 0 amide bonds. The van der Waals surface area contributed by atoms with Crippen LogP contribution in [0.5, 0.6) is 0 Å². The molecule has 0 unspecified atom stereocenters.